The molecule has 5 heteroatoms. The van der Waals surface area contributed by atoms with Crippen LogP contribution in [0.25, 0.3) is 0 Å². The summed E-state index contributed by atoms with van der Waals surface area (Å²) < 4.78 is 0. The molecule has 4 nitrogen and oxygen atoms in total. The van der Waals surface area contributed by atoms with Crippen molar-refractivity contribution >= 4 is 23.2 Å². The molecule has 0 aromatic heterocycles. The van der Waals surface area contributed by atoms with E-state index in [0.29, 0.717) is 6.54 Å². The maximum absolute atomic E-state index is 13.1. The van der Waals surface area contributed by atoms with Gasteiger partial charge in [-0.25, -0.2) is 0 Å². The lowest BCUT2D eigenvalue weighted by atomic mass is 9.90. The van der Waals surface area contributed by atoms with Crippen molar-refractivity contribution in [2.24, 2.45) is 0 Å². The minimum absolute atomic E-state index is 0.0530. The zero-order valence-electron chi connectivity index (χ0n) is 17.6. The molecule has 1 aliphatic heterocycles. The van der Waals surface area contributed by atoms with Crippen LogP contribution in [0.2, 0.25) is 5.02 Å². The summed E-state index contributed by atoms with van der Waals surface area (Å²) in [6.45, 7) is 5.43. The first-order valence-corrected chi connectivity index (χ1v) is 11.2. The Hall–Kier alpha value is -2.82. The van der Waals surface area contributed by atoms with Crippen molar-refractivity contribution in [3.63, 3.8) is 0 Å². The third-order valence-corrected chi connectivity index (χ3v) is 6.07. The normalized spacial score (nSPS) is 14.6. The van der Waals surface area contributed by atoms with E-state index in [2.05, 4.69) is 27.2 Å². The van der Waals surface area contributed by atoms with Crippen LogP contribution in [0.15, 0.2) is 84.9 Å². The van der Waals surface area contributed by atoms with Crippen molar-refractivity contribution in [2.45, 2.75) is 5.92 Å². The van der Waals surface area contributed by atoms with Gasteiger partial charge in [-0.15, -0.1) is 0 Å². The molecule has 0 atom stereocenters. The van der Waals surface area contributed by atoms with Crippen molar-refractivity contribution < 1.29 is 4.79 Å². The molecule has 3 aromatic rings. The highest BCUT2D eigenvalue weighted by Gasteiger charge is 2.23. The standard InChI is InChI=1S/C26H28ClN3O/c27-23-11-13-24(14-12-23)30-19-17-29(18-20-30)16-15-28-26(31)25(21-7-3-1-4-8-21)22-9-5-2-6-10-22/h1-14,25H,15-20H2,(H,28,31). The molecule has 1 saturated heterocycles. The first-order chi connectivity index (χ1) is 15.2. The van der Waals surface area contributed by atoms with Crippen LogP contribution < -0.4 is 10.2 Å². The number of nitrogens with zero attached hydrogens (tertiary/aromatic N) is 2. The fourth-order valence-corrected chi connectivity index (χ4v) is 4.23. The van der Waals surface area contributed by atoms with Crippen molar-refractivity contribution in [3.05, 3.63) is 101 Å². The van der Waals surface area contributed by atoms with Crippen molar-refractivity contribution in [1.82, 2.24) is 10.2 Å². The van der Waals surface area contributed by atoms with Crippen LogP contribution in [0.1, 0.15) is 17.0 Å². The van der Waals surface area contributed by atoms with Crippen LogP contribution in [0.4, 0.5) is 5.69 Å². The van der Waals surface area contributed by atoms with E-state index in [9.17, 15) is 4.79 Å². The summed E-state index contributed by atoms with van der Waals surface area (Å²) in [6, 6.07) is 28.0. The molecule has 160 valence electrons. The van der Waals surface area contributed by atoms with Gasteiger partial charge in [0, 0.05) is 50.0 Å². The Bertz CT molecular complexity index is 915. The van der Waals surface area contributed by atoms with Gasteiger partial charge in [0.15, 0.2) is 0 Å². The van der Waals surface area contributed by atoms with Crippen LogP contribution in [-0.4, -0.2) is 50.1 Å². The van der Waals surface area contributed by atoms with Crippen molar-refractivity contribution in [1.29, 1.82) is 0 Å². The molecule has 0 saturated carbocycles. The Kier molecular flexibility index (Phi) is 7.23. The lowest BCUT2D eigenvalue weighted by Gasteiger charge is -2.36. The third-order valence-electron chi connectivity index (χ3n) is 5.82. The number of anilines is 1. The number of halogens is 1. The summed E-state index contributed by atoms with van der Waals surface area (Å²) >= 11 is 6.00. The molecule has 1 amide bonds. The molecule has 0 radical (unpaired) electrons. The van der Waals surface area contributed by atoms with Gasteiger partial charge in [0.1, 0.15) is 0 Å². The van der Waals surface area contributed by atoms with Gasteiger partial charge in [-0.1, -0.05) is 72.3 Å². The van der Waals surface area contributed by atoms with Gasteiger partial charge in [-0.3, -0.25) is 9.69 Å². The second kappa shape index (κ2) is 10.5. The molecule has 1 N–H and O–H groups in total. The van der Waals surface area contributed by atoms with E-state index in [0.717, 1.165) is 48.9 Å². The number of piperazine rings is 1. The summed E-state index contributed by atoms with van der Waals surface area (Å²) in [4.78, 5) is 17.9. The van der Waals surface area contributed by atoms with Crippen molar-refractivity contribution in [3.8, 4) is 0 Å². The smallest absolute Gasteiger partial charge is 0.232 e. The highest BCUT2D eigenvalue weighted by molar-refractivity contribution is 6.30. The van der Waals surface area contributed by atoms with Crippen LogP contribution in [0.3, 0.4) is 0 Å². The first-order valence-electron chi connectivity index (χ1n) is 10.8. The Morgan fingerprint density at radius 1 is 0.806 bits per heavy atom. The number of carbonyl (C=O) groups is 1. The average Bonchev–Trinajstić information content (AvgIpc) is 2.82. The van der Waals surface area contributed by atoms with Crippen LogP contribution >= 0.6 is 11.6 Å². The van der Waals surface area contributed by atoms with Gasteiger partial charge >= 0.3 is 0 Å². The van der Waals surface area contributed by atoms with Crippen molar-refractivity contribution in [2.75, 3.05) is 44.2 Å². The summed E-state index contributed by atoms with van der Waals surface area (Å²) in [5.41, 5.74) is 3.25. The summed E-state index contributed by atoms with van der Waals surface area (Å²) in [6.07, 6.45) is 0. The second-order valence-corrected chi connectivity index (χ2v) is 8.29. The SMILES string of the molecule is O=C(NCCN1CCN(c2ccc(Cl)cc2)CC1)C(c1ccccc1)c1ccccc1. The number of rotatable bonds is 7. The van der Waals surface area contributed by atoms with E-state index in [1.54, 1.807) is 0 Å². The third kappa shape index (κ3) is 5.66. The number of hydrogen-bond donors (Lipinski definition) is 1. The van der Waals surface area contributed by atoms with Crippen LogP contribution in [0.5, 0.6) is 0 Å². The van der Waals surface area contributed by atoms with Gasteiger partial charge in [0.2, 0.25) is 5.91 Å². The van der Waals surface area contributed by atoms with E-state index >= 15 is 0 Å². The molecule has 1 fully saturated rings. The zero-order chi connectivity index (χ0) is 21.5. The Morgan fingerprint density at radius 3 is 1.90 bits per heavy atom. The quantitative estimate of drug-likeness (QED) is 0.599. The summed E-state index contributed by atoms with van der Waals surface area (Å²) in [7, 11) is 0. The fourth-order valence-electron chi connectivity index (χ4n) is 4.11. The Balaban J connectivity index is 1.29. The molecule has 0 bridgehead atoms. The predicted octanol–water partition coefficient (Wildman–Crippen LogP) is 4.41. The lowest BCUT2D eigenvalue weighted by molar-refractivity contribution is -0.121. The average molecular weight is 434 g/mol. The van der Waals surface area contributed by atoms with E-state index in [1.165, 1.54) is 5.69 Å². The topological polar surface area (TPSA) is 35.6 Å². The first kappa shape index (κ1) is 21.4. The van der Waals surface area contributed by atoms with E-state index < -0.39 is 0 Å². The van der Waals surface area contributed by atoms with Gasteiger partial charge in [0.05, 0.1) is 5.92 Å². The molecule has 31 heavy (non-hydrogen) atoms. The van der Waals surface area contributed by atoms with Crippen LogP contribution in [-0.2, 0) is 4.79 Å². The number of carbonyl (C=O) groups excluding carboxylic acids is 1. The molecule has 1 heterocycles. The van der Waals surface area contributed by atoms with Crippen LogP contribution in [0, 0.1) is 0 Å². The predicted molar refractivity (Wildman–Crippen MR) is 128 cm³/mol. The largest absolute Gasteiger partial charge is 0.369 e. The molecular weight excluding hydrogens is 406 g/mol. The molecular formula is C26H28ClN3O. The molecule has 0 aliphatic carbocycles. The number of hydrogen-bond acceptors (Lipinski definition) is 3. The Morgan fingerprint density at radius 2 is 1.35 bits per heavy atom. The molecule has 4 rings (SSSR count). The number of nitrogens with one attached hydrogen (secondary N) is 1. The van der Waals surface area contributed by atoms with E-state index in [4.69, 9.17) is 11.6 Å². The maximum atomic E-state index is 13.1. The molecule has 0 unspecified atom stereocenters. The van der Waals surface area contributed by atoms with E-state index in [-0.39, 0.29) is 11.8 Å². The minimum atomic E-state index is -0.288. The number of amides is 1. The van der Waals surface area contributed by atoms with Gasteiger partial charge in [0.25, 0.3) is 0 Å². The molecule has 3 aromatic carbocycles. The Labute approximate surface area is 189 Å². The second-order valence-electron chi connectivity index (χ2n) is 7.85. The number of benzene rings is 3. The van der Waals surface area contributed by atoms with E-state index in [1.807, 2.05) is 72.8 Å². The summed E-state index contributed by atoms with van der Waals surface area (Å²) in [5.74, 6) is -0.235. The molecule has 0 spiro atoms. The highest BCUT2D eigenvalue weighted by Crippen LogP contribution is 2.24. The minimum Gasteiger partial charge on any atom is -0.369 e. The van der Waals surface area contributed by atoms with Gasteiger partial charge in [-0.05, 0) is 35.4 Å². The zero-order valence-corrected chi connectivity index (χ0v) is 18.3. The molecule has 1 aliphatic rings. The lowest BCUT2D eigenvalue weighted by Crippen LogP contribution is -2.48. The highest BCUT2D eigenvalue weighted by atomic mass is 35.5. The van der Waals surface area contributed by atoms with Gasteiger partial charge < -0.3 is 10.2 Å². The summed E-state index contributed by atoms with van der Waals surface area (Å²) in [5, 5.41) is 3.93. The van der Waals surface area contributed by atoms with Gasteiger partial charge in [-0.2, -0.15) is 0 Å². The monoisotopic (exact) mass is 433 g/mol. The fraction of sp³-hybridized carbons (Fsp3) is 0.269. The maximum Gasteiger partial charge on any atom is 0.232 e.